The van der Waals surface area contributed by atoms with E-state index >= 15 is 0 Å². The molecule has 2 aromatic rings. The van der Waals surface area contributed by atoms with Crippen LogP contribution in [0.15, 0.2) is 23.0 Å². The normalized spacial score (nSPS) is 14.2. The summed E-state index contributed by atoms with van der Waals surface area (Å²) in [6.07, 6.45) is 2.03. The molecule has 7 nitrogen and oxygen atoms in total. The summed E-state index contributed by atoms with van der Waals surface area (Å²) in [7, 11) is 3.21. The molecular formula is C18H28Cl2N4O3. The highest BCUT2D eigenvalue weighted by Crippen LogP contribution is 2.31. The number of para-hydroxylation sites is 1. The van der Waals surface area contributed by atoms with Gasteiger partial charge in [-0.2, -0.15) is 5.10 Å². The molecule has 2 heterocycles. The molecule has 27 heavy (non-hydrogen) atoms. The molecule has 0 amide bonds. The largest absolute Gasteiger partial charge is 0.493 e. The number of nitrogens with one attached hydrogen (secondary N) is 1. The van der Waals surface area contributed by atoms with Crippen LogP contribution in [0.25, 0.3) is 0 Å². The third kappa shape index (κ3) is 4.78. The topological polar surface area (TPSA) is 70.3 Å². The Morgan fingerprint density at radius 1 is 1.19 bits per heavy atom. The van der Waals surface area contributed by atoms with E-state index in [0.717, 1.165) is 37.3 Å². The van der Waals surface area contributed by atoms with Crippen molar-refractivity contribution >= 4 is 24.8 Å². The molecule has 1 aromatic heterocycles. The lowest BCUT2D eigenvalue weighted by Gasteiger charge is -2.21. The van der Waals surface area contributed by atoms with Gasteiger partial charge in [-0.05, 0) is 38.9 Å². The van der Waals surface area contributed by atoms with Crippen LogP contribution in [0, 0.1) is 0 Å². The maximum Gasteiger partial charge on any atom is 0.346 e. The van der Waals surface area contributed by atoms with E-state index in [-0.39, 0.29) is 30.5 Å². The quantitative estimate of drug-likeness (QED) is 0.779. The standard InChI is InChI=1S/C18H26N4O3.2ClH/c1-4-21-17(13-8-10-19-11-9-13)20-22(18(21)23)12-14-6-5-7-15(24-2)16(14)25-3;;/h5-7,13,19H,4,8-12H2,1-3H3;2*1H. The predicted octanol–water partition coefficient (Wildman–Crippen LogP) is 2.44. The zero-order valence-corrected chi connectivity index (χ0v) is 17.6. The van der Waals surface area contributed by atoms with Gasteiger partial charge >= 0.3 is 5.69 Å². The van der Waals surface area contributed by atoms with Crippen molar-refractivity contribution in [1.82, 2.24) is 19.7 Å². The van der Waals surface area contributed by atoms with Crippen LogP contribution in [0.2, 0.25) is 0 Å². The number of halogens is 2. The molecule has 1 aromatic carbocycles. The second-order valence-electron chi connectivity index (χ2n) is 6.22. The van der Waals surface area contributed by atoms with Crippen molar-refractivity contribution in [2.75, 3.05) is 27.3 Å². The van der Waals surface area contributed by atoms with E-state index < -0.39 is 0 Å². The number of hydrogen-bond donors (Lipinski definition) is 1. The van der Waals surface area contributed by atoms with Gasteiger partial charge in [0, 0.05) is 18.0 Å². The van der Waals surface area contributed by atoms with E-state index in [0.29, 0.717) is 30.5 Å². The minimum absolute atomic E-state index is 0. The van der Waals surface area contributed by atoms with Crippen molar-refractivity contribution in [3.8, 4) is 11.5 Å². The van der Waals surface area contributed by atoms with Gasteiger partial charge in [0.2, 0.25) is 0 Å². The second-order valence-corrected chi connectivity index (χ2v) is 6.22. The number of methoxy groups -OCH3 is 2. The minimum Gasteiger partial charge on any atom is -0.493 e. The molecule has 0 unspecified atom stereocenters. The SMILES string of the molecule is CCn1c(C2CCNCC2)nn(Cc2cccc(OC)c2OC)c1=O.Cl.Cl. The van der Waals surface area contributed by atoms with Crippen LogP contribution in [0.1, 0.15) is 37.1 Å². The van der Waals surface area contributed by atoms with Crippen molar-refractivity contribution < 1.29 is 9.47 Å². The molecule has 1 fully saturated rings. The van der Waals surface area contributed by atoms with Gasteiger partial charge < -0.3 is 14.8 Å². The molecule has 3 rings (SSSR count). The molecule has 1 saturated heterocycles. The number of nitrogens with zero attached hydrogens (tertiary/aromatic N) is 3. The van der Waals surface area contributed by atoms with Gasteiger partial charge in [-0.1, -0.05) is 12.1 Å². The molecule has 152 valence electrons. The minimum atomic E-state index is -0.0686. The Morgan fingerprint density at radius 3 is 2.48 bits per heavy atom. The Kier molecular flexibility index (Phi) is 9.15. The van der Waals surface area contributed by atoms with E-state index in [1.165, 1.54) is 4.68 Å². The summed E-state index contributed by atoms with van der Waals surface area (Å²) in [4.78, 5) is 12.8. The van der Waals surface area contributed by atoms with Crippen LogP contribution in [0.5, 0.6) is 11.5 Å². The molecule has 0 atom stereocenters. The maximum absolute atomic E-state index is 12.8. The Morgan fingerprint density at radius 2 is 1.89 bits per heavy atom. The highest BCUT2D eigenvalue weighted by Gasteiger charge is 2.23. The van der Waals surface area contributed by atoms with Gasteiger partial charge in [-0.15, -0.1) is 24.8 Å². The second kappa shape index (κ2) is 10.6. The van der Waals surface area contributed by atoms with E-state index in [4.69, 9.17) is 9.47 Å². The molecule has 0 radical (unpaired) electrons. The first kappa shape index (κ1) is 23.3. The predicted molar refractivity (Wildman–Crippen MR) is 110 cm³/mol. The van der Waals surface area contributed by atoms with E-state index in [1.54, 1.807) is 18.8 Å². The average molecular weight is 419 g/mol. The van der Waals surface area contributed by atoms with Crippen LogP contribution in [0.3, 0.4) is 0 Å². The first-order chi connectivity index (χ1) is 12.2. The Labute approximate surface area is 171 Å². The van der Waals surface area contributed by atoms with Gasteiger partial charge in [0.25, 0.3) is 0 Å². The number of aromatic nitrogens is 3. The number of benzene rings is 1. The fraction of sp³-hybridized carbons (Fsp3) is 0.556. The van der Waals surface area contributed by atoms with Crippen LogP contribution in [-0.4, -0.2) is 41.7 Å². The van der Waals surface area contributed by atoms with Crippen molar-refractivity contribution in [2.24, 2.45) is 0 Å². The van der Waals surface area contributed by atoms with Crippen molar-refractivity contribution in [3.05, 3.63) is 40.1 Å². The summed E-state index contributed by atoms with van der Waals surface area (Å²) in [6, 6.07) is 5.67. The maximum atomic E-state index is 12.8. The summed E-state index contributed by atoms with van der Waals surface area (Å²) < 4.78 is 14.2. The molecular weight excluding hydrogens is 391 g/mol. The smallest absolute Gasteiger partial charge is 0.346 e. The third-order valence-electron chi connectivity index (χ3n) is 4.78. The zero-order valence-electron chi connectivity index (χ0n) is 15.9. The lowest BCUT2D eigenvalue weighted by molar-refractivity contribution is 0.350. The Balaban J connectivity index is 0.00000182. The van der Waals surface area contributed by atoms with Gasteiger partial charge in [0.1, 0.15) is 5.82 Å². The van der Waals surface area contributed by atoms with Gasteiger partial charge in [-0.3, -0.25) is 4.57 Å². The van der Waals surface area contributed by atoms with Crippen LogP contribution < -0.4 is 20.5 Å². The van der Waals surface area contributed by atoms with Crippen molar-refractivity contribution in [3.63, 3.8) is 0 Å². The third-order valence-corrected chi connectivity index (χ3v) is 4.78. The average Bonchev–Trinajstić information content (AvgIpc) is 2.97. The molecule has 1 aliphatic heterocycles. The van der Waals surface area contributed by atoms with E-state index in [1.807, 2.05) is 25.1 Å². The summed E-state index contributed by atoms with van der Waals surface area (Å²) in [5, 5.41) is 8.03. The number of piperidine rings is 1. The van der Waals surface area contributed by atoms with Crippen LogP contribution in [0.4, 0.5) is 0 Å². The molecule has 9 heteroatoms. The van der Waals surface area contributed by atoms with Gasteiger partial charge in [0.05, 0.1) is 20.8 Å². The molecule has 1 aliphatic rings. The van der Waals surface area contributed by atoms with E-state index in [2.05, 4.69) is 10.4 Å². The fourth-order valence-electron chi connectivity index (χ4n) is 3.48. The molecule has 0 saturated carbocycles. The van der Waals surface area contributed by atoms with E-state index in [9.17, 15) is 4.79 Å². The highest BCUT2D eigenvalue weighted by atomic mass is 35.5. The number of rotatable bonds is 6. The highest BCUT2D eigenvalue weighted by molar-refractivity contribution is 5.85. The lowest BCUT2D eigenvalue weighted by Crippen LogP contribution is -2.29. The van der Waals surface area contributed by atoms with Crippen LogP contribution in [-0.2, 0) is 13.1 Å². The zero-order chi connectivity index (χ0) is 17.8. The van der Waals surface area contributed by atoms with Crippen molar-refractivity contribution in [2.45, 2.75) is 38.8 Å². The Hall–Kier alpha value is -1.70. The monoisotopic (exact) mass is 418 g/mol. The van der Waals surface area contributed by atoms with Gasteiger partial charge in [0.15, 0.2) is 11.5 Å². The number of ether oxygens (including phenoxy) is 2. The first-order valence-corrected chi connectivity index (χ1v) is 8.77. The van der Waals surface area contributed by atoms with Crippen LogP contribution >= 0.6 is 24.8 Å². The van der Waals surface area contributed by atoms with Gasteiger partial charge in [-0.25, -0.2) is 9.48 Å². The molecule has 0 spiro atoms. The fourth-order valence-corrected chi connectivity index (χ4v) is 3.48. The summed E-state index contributed by atoms with van der Waals surface area (Å²) >= 11 is 0. The lowest BCUT2D eigenvalue weighted by atomic mass is 9.97. The summed E-state index contributed by atoms with van der Waals surface area (Å²) in [5.74, 6) is 2.53. The summed E-state index contributed by atoms with van der Waals surface area (Å²) in [5.41, 5.74) is 0.808. The Bertz CT molecular complexity index is 785. The summed E-state index contributed by atoms with van der Waals surface area (Å²) in [6.45, 7) is 4.93. The molecule has 0 bridgehead atoms. The van der Waals surface area contributed by atoms with Crippen molar-refractivity contribution in [1.29, 1.82) is 0 Å². The molecule has 0 aliphatic carbocycles. The first-order valence-electron chi connectivity index (χ1n) is 8.77. The number of hydrogen-bond acceptors (Lipinski definition) is 5. The molecule has 1 N–H and O–H groups in total.